The number of aromatic amines is 1. The molecule has 1 aromatic rings. The van der Waals surface area contributed by atoms with E-state index in [9.17, 15) is 9.59 Å². The van der Waals surface area contributed by atoms with Crippen LogP contribution < -0.4 is 11.2 Å². The maximum atomic E-state index is 12.3. The molecule has 0 amide bonds. The van der Waals surface area contributed by atoms with Crippen LogP contribution in [0.25, 0.3) is 0 Å². The van der Waals surface area contributed by atoms with E-state index in [0.717, 1.165) is 25.8 Å². The van der Waals surface area contributed by atoms with Crippen LogP contribution in [0.3, 0.4) is 0 Å². The first kappa shape index (κ1) is 18.0. The molecule has 5 nitrogen and oxygen atoms in total. The van der Waals surface area contributed by atoms with E-state index in [2.05, 4.69) is 30.8 Å². The number of aromatic nitrogens is 2. The van der Waals surface area contributed by atoms with Gasteiger partial charge in [-0.2, -0.15) is 0 Å². The second kappa shape index (κ2) is 8.39. The minimum absolute atomic E-state index is 0.183. The zero-order valence-electron chi connectivity index (χ0n) is 13.4. The Labute approximate surface area is 130 Å². The van der Waals surface area contributed by atoms with Crippen LogP contribution in [0.2, 0.25) is 5.15 Å². The fourth-order valence-electron chi connectivity index (χ4n) is 2.14. The van der Waals surface area contributed by atoms with E-state index in [1.165, 1.54) is 4.57 Å². The summed E-state index contributed by atoms with van der Waals surface area (Å²) in [4.78, 5) is 29.0. The number of hydrogen-bond acceptors (Lipinski definition) is 3. The van der Waals surface area contributed by atoms with Gasteiger partial charge in [-0.15, -0.1) is 0 Å². The number of H-pyrrole nitrogens is 1. The summed E-state index contributed by atoms with van der Waals surface area (Å²) >= 11 is 5.95. The summed E-state index contributed by atoms with van der Waals surface area (Å²) < 4.78 is 1.27. The highest BCUT2D eigenvalue weighted by atomic mass is 35.5. The molecule has 0 radical (unpaired) electrons. The Balaban J connectivity index is 2.74. The topological polar surface area (TPSA) is 58.1 Å². The maximum Gasteiger partial charge on any atom is 0.329 e. The van der Waals surface area contributed by atoms with Gasteiger partial charge in [-0.3, -0.25) is 14.3 Å². The van der Waals surface area contributed by atoms with Gasteiger partial charge in [0.05, 0.1) is 5.56 Å². The highest BCUT2D eigenvalue weighted by Gasteiger charge is 2.12. The molecule has 0 spiro atoms. The minimum Gasteiger partial charge on any atom is -0.304 e. The second-order valence-electron chi connectivity index (χ2n) is 5.71. The van der Waals surface area contributed by atoms with Crippen molar-refractivity contribution in [2.24, 2.45) is 0 Å². The molecule has 1 heterocycles. The third-order valence-electron chi connectivity index (χ3n) is 3.75. The Morgan fingerprint density at radius 2 is 1.95 bits per heavy atom. The van der Waals surface area contributed by atoms with Crippen LogP contribution >= 0.6 is 11.6 Å². The van der Waals surface area contributed by atoms with Gasteiger partial charge in [-0.05, 0) is 46.7 Å². The highest BCUT2D eigenvalue weighted by Crippen LogP contribution is 2.08. The SMILES string of the molecule is CCCc1c(Cl)[nH]c(=O)n(CCCCN(C)C(C)C)c1=O. The average molecular weight is 316 g/mol. The van der Waals surface area contributed by atoms with E-state index in [0.29, 0.717) is 24.6 Å². The van der Waals surface area contributed by atoms with Crippen molar-refractivity contribution in [2.45, 2.75) is 59.0 Å². The lowest BCUT2D eigenvalue weighted by atomic mass is 10.2. The van der Waals surface area contributed by atoms with Crippen molar-refractivity contribution in [3.05, 3.63) is 31.6 Å². The number of hydrogen-bond donors (Lipinski definition) is 1. The number of nitrogens with zero attached hydrogens (tertiary/aromatic N) is 2. The van der Waals surface area contributed by atoms with Crippen LogP contribution in [0.5, 0.6) is 0 Å². The zero-order chi connectivity index (χ0) is 16.0. The molecule has 120 valence electrons. The highest BCUT2D eigenvalue weighted by molar-refractivity contribution is 6.30. The van der Waals surface area contributed by atoms with E-state index >= 15 is 0 Å². The molecule has 0 bridgehead atoms. The lowest BCUT2D eigenvalue weighted by molar-refractivity contribution is 0.266. The Morgan fingerprint density at radius 3 is 2.52 bits per heavy atom. The molecule has 0 aromatic carbocycles. The van der Waals surface area contributed by atoms with Crippen molar-refractivity contribution in [1.82, 2.24) is 14.5 Å². The molecule has 1 N–H and O–H groups in total. The monoisotopic (exact) mass is 315 g/mol. The van der Waals surface area contributed by atoms with Gasteiger partial charge in [-0.25, -0.2) is 4.79 Å². The van der Waals surface area contributed by atoms with Gasteiger partial charge in [0.25, 0.3) is 5.56 Å². The summed E-state index contributed by atoms with van der Waals surface area (Å²) in [5, 5.41) is 0.183. The third kappa shape index (κ3) is 5.00. The fourth-order valence-corrected chi connectivity index (χ4v) is 2.40. The predicted molar refractivity (Wildman–Crippen MR) is 87.3 cm³/mol. The van der Waals surface area contributed by atoms with E-state index in [1.807, 2.05) is 6.92 Å². The summed E-state index contributed by atoms with van der Waals surface area (Å²) in [7, 11) is 2.07. The van der Waals surface area contributed by atoms with E-state index in [-0.39, 0.29) is 10.7 Å². The van der Waals surface area contributed by atoms with Gasteiger partial charge < -0.3 is 4.90 Å². The van der Waals surface area contributed by atoms with Crippen LogP contribution in [0.1, 0.15) is 45.6 Å². The predicted octanol–water partition coefficient (Wildman–Crippen LogP) is 2.26. The molecule has 0 fully saturated rings. The fraction of sp³-hybridized carbons (Fsp3) is 0.733. The summed E-state index contributed by atoms with van der Waals surface area (Å²) in [6, 6.07) is 0.503. The van der Waals surface area contributed by atoms with Crippen LogP contribution in [0, 0.1) is 0 Å². The molecule has 21 heavy (non-hydrogen) atoms. The molecule has 0 aliphatic rings. The van der Waals surface area contributed by atoms with Gasteiger partial charge in [-0.1, -0.05) is 24.9 Å². The van der Waals surface area contributed by atoms with Gasteiger partial charge >= 0.3 is 5.69 Å². The van der Waals surface area contributed by atoms with Crippen molar-refractivity contribution < 1.29 is 0 Å². The molecule has 0 aliphatic carbocycles. The lowest BCUT2D eigenvalue weighted by Crippen LogP contribution is -2.37. The summed E-state index contributed by atoms with van der Waals surface area (Å²) in [6.45, 7) is 7.66. The van der Waals surface area contributed by atoms with Crippen molar-refractivity contribution in [3.8, 4) is 0 Å². The van der Waals surface area contributed by atoms with Crippen LogP contribution in [-0.4, -0.2) is 34.1 Å². The van der Waals surface area contributed by atoms with E-state index in [4.69, 9.17) is 11.6 Å². The van der Waals surface area contributed by atoms with Gasteiger partial charge in [0, 0.05) is 12.6 Å². The molecule has 6 heteroatoms. The largest absolute Gasteiger partial charge is 0.329 e. The summed E-state index contributed by atoms with van der Waals surface area (Å²) in [5.74, 6) is 0. The van der Waals surface area contributed by atoms with Gasteiger partial charge in [0.15, 0.2) is 0 Å². The van der Waals surface area contributed by atoms with Crippen LogP contribution in [0.4, 0.5) is 0 Å². The Morgan fingerprint density at radius 1 is 1.29 bits per heavy atom. The molecule has 0 unspecified atom stereocenters. The van der Waals surface area contributed by atoms with Gasteiger partial charge in [0.2, 0.25) is 0 Å². The Hall–Kier alpha value is -1.07. The van der Waals surface area contributed by atoms with E-state index < -0.39 is 5.69 Å². The van der Waals surface area contributed by atoms with Crippen molar-refractivity contribution in [2.75, 3.05) is 13.6 Å². The number of unbranched alkanes of at least 4 members (excludes halogenated alkanes) is 1. The Kier molecular flexibility index (Phi) is 7.18. The minimum atomic E-state index is -0.415. The quantitative estimate of drug-likeness (QED) is 0.591. The second-order valence-corrected chi connectivity index (χ2v) is 6.09. The number of rotatable bonds is 8. The molecular formula is C15H26ClN3O2. The molecular weight excluding hydrogens is 290 g/mol. The third-order valence-corrected chi connectivity index (χ3v) is 4.08. The maximum absolute atomic E-state index is 12.3. The smallest absolute Gasteiger partial charge is 0.304 e. The first-order valence-corrected chi connectivity index (χ1v) is 7.98. The molecule has 0 atom stereocenters. The number of halogens is 1. The summed E-state index contributed by atoms with van der Waals surface area (Å²) in [6.07, 6.45) is 3.16. The van der Waals surface area contributed by atoms with Gasteiger partial charge in [0.1, 0.15) is 5.15 Å². The van der Waals surface area contributed by atoms with Crippen LogP contribution in [0.15, 0.2) is 9.59 Å². The first-order chi connectivity index (χ1) is 9.88. The normalized spacial score (nSPS) is 11.6. The molecule has 0 saturated heterocycles. The molecule has 1 aromatic heterocycles. The average Bonchev–Trinajstić information content (AvgIpc) is 2.41. The first-order valence-electron chi connectivity index (χ1n) is 7.60. The Bertz CT molecular complexity index is 563. The zero-order valence-corrected chi connectivity index (χ0v) is 14.2. The summed E-state index contributed by atoms with van der Waals surface area (Å²) in [5.41, 5.74) is -0.150. The molecule has 0 aliphatic heterocycles. The van der Waals surface area contributed by atoms with Crippen molar-refractivity contribution in [1.29, 1.82) is 0 Å². The van der Waals surface area contributed by atoms with E-state index in [1.54, 1.807) is 0 Å². The number of nitrogens with one attached hydrogen (secondary N) is 1. The molecule has 1 rings (SSSR count). The van der Waals surface area contributed by atoms with Crippen molar-refractivity contribution >= 4 is 11.6 Å². The standard InChI is InChI=1S/C15H26ClN3O2/c1-5-8-12-13(16)17-15(21)19(14(12)20)10-7-6-9-18(4)11(2)3/h11H,5-10H2,1-4H3,(H,17,21). The molecule has 0 saturated carbocycles. The lowest BCUT2D eigenvalue weighted by Gasteiger charge is -2.20. The van der Waals surface area contributed by atoms with Crippen LogP contribution in [-0.2, 0) is 13.0 Å². The van der Waals surface area contributed by atoms with Crippen molar-refractivity contribution in [3.63, 3.8) is 0 Å².